The summed E-state index contributed by atoms with van der Waals surface area (Å²) in [6.07, 6.45) is 2.38. The Kier molecular flexibility index (Phi) is 6.17. The normalized spacial score (nSPS) is 22.0. The van der Waals surface area contributed by atoms with Gasteiger partial charge in [-0.15, -0.1) is 0 Å². The number of Topliss-reactive ketones (excluding diaryl/α,β-unsaturated/α-hetero) is 2. The Labute approximate surface area is 205 Å². The molecule has 0 spiro atoms. The van der Waals surface area contributed by atoms with Gasteiger partial charge < -0.3 is 14.7 Å². The highest BCUT2D eigenvalue weighted by Gasteiger charge is 2.48. The molecule has 1 aromatic rings. The maximum atomic E-state index is 13.6. The second-order valence-corrected chi connectivity index (χ2v) is 11.6. The molecule has 0 atom stereocenters. The lowest BCUT2D eigenvalue weighted by molar-refractivity contribution is -0.139. The van der Waals surface area contributed by atoms with Gasteiger partial charge in [0.15, 0.2) is 18.2 Å². The van der Waals surface area contributed by atoms with Crippen LogP contribution in [-0.4, -0.2) is 40.7 Å². The number of benzene rings is 1. The number of ether oxygens (including phenoxy) is 1. The fourth-order valence-corrected chi connectivity index (χ4v) is 5.96. The van der Waals surface area contributed by atoms with Crippen molar-refractivity contribution in [1.29, 1.82) is 0 Å². The van der Waals surface area contributed by atoms with Crippen LogP contribution in [0.4, 0.5) is 0 Å². The van der Waals surface area contributed by atoms with Crippen molar-refractivity contribution in [2.24, 2.45) is 10.8 Å². The van der Waals surface area contributed by atoms with Crippen molar-refractivity contribution in [2.75, 3.05) is 13.2 Å². The minimum Gasteiger partial charge on any atom is -0.480 e. The average Bonchev–Trinajstić information content (AvgIpc) is 2.69. The number of rotatable bonds is 5. The molecule has 0 radical (unpaired) electrons. The molecule has 0 saturated carbocycles. The molecule has 7 heteroatoms. The summed E-state index contributed by atoms with van der Waals surface area (Å²) in [6.45, 7) is 10.7. The largest absolute Gasteiger partial charge is 0.480 e. The molecule has 1 heterocycles. The number of carboxylic acids is 1. The molecule has 0 unspecified atom stereocenters. The Morgan fingerprint density at radius 3 is 2.00 bits per heavy atom. The van der Waals surface area contributed by atoms with Gasteiger partial charge in [0.05, 0.1) is 5.02 Å². The summed E-state index contributed by atoms with van der Waals surface area (Å²) in [6, 6.07) is 5.13. The van der Waals surface area contributed by atoms with Crippen LogP contribution in [-0.2, 0) is 14.4 Å². The highest BCUT2D eigenvalue weighted by atomic mass is 35.5. The topological polar surface area (TPSA) is 83.9 Å². The minimum absolute atomic E-state index is 0.0706. The summed E-state index contributed by atoms with van der Waals surface area (Å²) in [5.41, 5.74) is 3.86. The summed E-state index contributed by atoms with van der Waals surface area (Å²) < 4.78 is 5.29. The summed E-state index contributed by atoms with van der Waals surface area (Å²) in [7, 11) is 0. The van der Waals surface area contributed by atoms with E-state index in [0.29, 0.717) is 30.5 Å². The number of nitrogens with zero attached hydrogens (tertiary/aromatic N) is 1. The number of halogens is 1. The fraction of sp³-hybridized carbons (Fsp3) is 0.519. The molecule has 0 bridgehead atoms. The third kappa shape index (κ3) is 4.40. The lowest BCUT2D eigenvalue weighted by Gasteiger charge is -2.48. The Balaban J connectivity index is 1.90. The highest BCUT2D eigenvalue weighted by molar-refractivity contribution is 6.32. The van der Waals surface area contributed by atoms with Crippen LogP contribution < -0.4 is 4.74 Å². The van der Waals surface area contributed by atoms with Crippen molar-refractivity contribution < 1.29 is 24.2 Å². The smallest absolute Gasteiger partial charge is 0.341 e. The van der Waals surface area contributed by atoms with E-state index < -0.39 is 18.5 Å². The van der Waals surface area contributed by atoms with E-state index >= 15 is 0 Å². The van der Waals surface area contributed by atoms with E-state index in [-0.39, 0.29) is 33.2 Å². The highest BCUT2D eigenvalue weighted by Crippen LogP contribution is 2.54. The van der Waals surface area contributed by atoms with Gasteiger partial charge in [0.2, 0.25) is 0 Å². The monoisotopic (exact) mass is 485 g/mol. The Bertz CT molecular complexity index is 1090. The second-order valence-electron chi connectivity index (χ2n) is 11.2. The Hall–Kier alpha value is -2.60. The molecule has 4 rings (SSSR count). The fourth-order valence-electron chi connectivity index (χ4n) is 5.72. The summed E-state index contributed by atoms with van der Waals surface area (Å²) in [4.78, 5) is 40.3. The van der Waals surface area contributed by atoms with Gasteiger partial charge in [-0.3, -0.25) is 9.59 Å². The van der Waals surface area contributed by atoms with Crippen LogP contribution in [0.1, 0.15) is 71.8 Å². The molecule has 0 amide bonds. The summed E-state index contributed by atoms with van der Waals surface area (Å²) >= 11 is 6.47. The van der Waals surface area contributed by atoms with Gasteiger partial charge in [-0.25, -0.2) is 4.79 Å². The van der Waals surface area contributed by atoms with Crippen LogP contribution in [0.5, 0.6) is 5.75 Å². The van der Waals surface area contributed by atoms with Crippen LogP contribution in [0, 0.1) is 10.8 Å². The van der Waals surface area contributed by atoms with E-state index in [4.69, 9.17) is 21.4 Å². The molecule has 34 heavy (non-hydrogen) atoms. The van der Waals surface area contributed by atoms with Crippen molar-refractivity contribution in [3.8, 4) is 5.75 Å². The molecule has 2 aliphatic carbocycles. The van der Waals surface area contributed by atoms with Crippen LogP contribution in [0.3, 0.4) is 0 Å². The first kappa shape index (κ1) is 24.5. The lowest BCUT2D eigenvalue weighted by Crippen LogP contribution is -2.44. The van der Waals surface area contributed by atoms with Crippen LogP contribution in [0.2, 0.25) is 5.02 Å². The molecule has 6 nitrogen and oxygen atoms in total. The van der Waals surface area contributed by atoms with E-state index in [2.05, 4.69) is 39.5 Å². The first-order chi connectivity index (χ1) is 15.8. The van der Waals surface area contributed by atoms with Gasteiger partial charge in [0, 0.05) is 47.8 Å². The predicted octanol–water partition coefficient (Wildman–Crippen LogP) is 5.51. The third-order valence-corrected chi connectivity index (χ3v) is 7.27. The van der Waals surface area contributed by atoms with E-state index in [0.717, 1.165) is 29.8 Å². The predicted molar refractivity (Wildman–Crippen MR) is 130 cm³/mol. The third-order valence-electron chi connectivity index (χ3n) is 6.98. The maximum absolute atomic E-state index is 13.6. The molecule has 0 aromatic heterocycles. The zero-order chi connectivity index (χ0) is 25.0. The maximum Gasteiger partial charge on any atom is 0.341 e. The molecule has 1 aromatic carbocycles. The van der Waals surface area contributed by atoms with Crippen molar-refractivity contribution >= 4 is 29.1 Å². The van der Waals surface area contributed by atoms with Gasteiger partial charge in [-0.2, -0.15) is 0 Å². The second kappa shape index (κ2) is 8.56. The van der Waals surface area contributed by atoms with Crippen molar-refractivity contribution in [3.05, 3.63) is 51.3 Å². The number of aliphatic carboxylic acids is 1. The summed E-state index contributed by atoms with van der Waals surface area (Å²) in [5.74, 6) is -1.18. The van der Waals surface area contributed by atoms with E-state index in [1.807, 2.05) is 0 Å². The van der Waals surface area contributed by atoms with E-state index in [1.54, 1.807) is 18.2 Å². The molecular weight excluding hydrogens is 454 g/mol. The standard InChI is InChI=1S/C27H32ClNO5/c1-6-29-17-10-26(2,3)12-19(30)24(17)23(25-18(29)11-27(4,5)13-20(25)31)15-7-8-21(16(28)9-15)34-14-22(32)33/h7-9,23H,6,10-14H2,1-5H3,(H,32,33). The Morgan fingerprint density at radius 1 is 1.03 bits per heavy atom. The van der Waals surface area contributed by atoms with E-state index in [9.17, 15) is 14.4 Å². The lowest BCUT2D eigenvalue weighted by atomic mass is 9.63. The molecule has 3 aliphatic rings. The molecular formula is C27H32ClNO5. The van der Waals surface area contributed by atoms with Gasteiger partial charge in [-0.05, 0) is 48.3 Å². The summed E-state index contributed by atoms with van der Waals surface area (Å²) in [5, 5.41) is 9.17. The van der Waals surface area contributed by atoms with Crippen molar-refractivity contribution in [1.82, 2.24) is 4.90 Å². The first-order valence-corrected chi connectivity index (χ1v) is 12.2. The van der Waals surface area contributed by atoms with Gasteiger partial charge in [0.25, 0.3) is 0 Å². The minimum atomic E-state index is -1.09. The molecule has 182 valence electrons. The SMILES string of the molecule is CCN1C2=C(C(=O)CC(C)(C)C2)C(c2ccc(OCC(=O)O)c(Cl)c2)C2=C1CC(C)(C)CC2=O. The number of carbonyl (C=O) groups is 3. The number of allylic oxidation sites excluding steroid dienone is 4. The number of carboxylic acid groups (broad SMARTS) is 1. The van der Waals surface area contributed by atoms with Gasteiger partial charge in [0.1, 0.15) is 5.75 Å². The van der Waals surface area contributed by atoms with Gasteiger partial charge in [-0.1, -0.05) is 45.4 Å². The first-order valence-electron chi connectivity index (χ1n) is 11.8. The molecule has 0 saturated heterocycles. The zero-order valence-corrected chi connectivity index (χ0v) is 21.2. The van der Waals surface area contributed by atoms with E-state index in [1.165, 1.54) is 0 Å². The molecule has 1 N–H and O–H groups in total. The number of carbonyl (C=O) groups excluding carboxylic acids is 2. The number of ketones is 2. The Morgan fingerprint density at radius 2 is 1.56 bits per heavy atom. The van der Waals surface area contributed by atoms with Gasteiger partial charge >= 0.3 is 5.97 Å². The number of hydrogen-bond acceptors (Lipinski definition) is 5. The van der Waals surface area contributed by atoms with Crippen molar-refractivity contribution in [2.45, 2.75) is 66.2 Å². The molecule has 0 fully saturated rings. The zero-order valence-electron chi connectivity index (χ0n) is 20.5. The molecule has 1 aliphatic heterocycles. The quantitative estimate of drug-likeness (QED) is 0.592. The van der Waals surface area contributed by atoms with Crippen LogP contribution in [0.25, 0.3) is 0 Å². The van der Waals surface area contributed by atoms with Crippen molar-refractivity contribution in [3.63, 3.8) is 0 Å². The average molecular weight is 486 g/mol. The van der Waals surface area contributed by atoms with Crippen LogP contribution >= 0.6 is 11.6 Å². The van der Waals surface area contributed by atoms with Crippen LogP contribution in [0.15, 0.2) is 40.7 Å². The number of hydrogen-bond donors (Lipinski definition) is 1.